The molecule has 0 aliphatic rings. The van der Waals surface area contributed by atoms with Crippen LogP contribution in [0.2, 0.25) is 0 Å². The second kappa shape index (κ2) is 5.46. The summed E-state index contributed by atoms with van der Waals surface area (Å²) in [6, 6.07) is 5.57. The van der Waals surface area contributed by atoms with Crippen LogP contribution < -0.4 is 10.6 Å². The number of terminal acetylenes is 1. The van der Waals surface area contributed by atoms with Crippen LogP contribution in [0, 0.1) is 18.2 Å². The largest absolute Gasteiger partial charge is 0.325 e. The number of amides is 1. The van der Waals surface area contributed by atoms with Crippen LogP contribution in [0.15, 0.2) is 24.3 Å². The molecule has 0 atom stereocenters. The molecule has 0 unspecified atom stereocenters. The quantitative estimate of drug-likeness (QED) is 0.779. The first-order valence-corrected chi connectivity index (χ1v) is 5.21. The lowest BCUT2D eigenvalue weighted by molar-refractivity contribution is -0.115. The van der Waals surface area contributed by atoms with Crippen LogP contribution in [0.1, 0.15) is 13.8 Å². The monoisotopic (exact) mass is 234 g/mol. The molecule has 0 aliphatic heterocycles. The standard InChI is InChI=1S/C13H15FN2O/c1-4-13(2,3)15-9-12(17)16-11-7-5-10(14)6-8-11/h1,5-8,15H,9H2,2-3H3,(H,16,17). The highest BCUT2D eigenvalue weighted by molar-refractivity contribution is 5.92. The molecule has 1 rings (SSSR count). The van der Waals surface area contributed by atoms with E-state index in [1.54, 1.807) is 13.8 Å². The number of benzene rings is 1. The third-order valence-electron chi connectivity index (χ3n) is 2.18. The van der Waals surface area contributed by atoms with E-state index in [1.165, 1.54) is 24.3 Å². The Morgan fingerprint density at radius 1 is 1.41 bits per heavy atom. The molecule has 17 heavy (non-hydrogen) atoms. The molecule has 4 heteroatoms. The molecular formula is C13H15FN2O. The highest BCUT2D eigenvalue weighted by atomic mass is 19.1. The van der Waals surface area contributed by atoms with Gasteiger partial charge >= 0.3 is 0 Å². The van der Waals surface area contributed by atoms with Gasteiger partial charge in [-0.2, -0.15) is 0 Å². The van der Waals surface area contributed by atoms with Gasteiger partial charge in [-0.05, 0) is 38.1 Å². The van der Waals surface area contributed by atoms with Crippen LogP contribution in [-0.4, -0.2) is 18.0 Å². The van der Waals surface area contributed by atoms with Crippen molar-refractivity contribution in [3.05, 3.63) is 30.1 Å². The molecule has 0 radical (unpaired) electrons. The Kier molecular flexibility index (Phi) is 4.24. The summed E-state index contributed by atoms with van der Waals surface area (Å²) in [5.41, 5.74) is 0.0249. The molecule has 0 fully saturated rings. The molecule has 0 bridgehead atoms. The van der Waals surface area contributed by atoms with Crippen LogP contribution in [0.3, 0.4) is 0 Å². The van der Waals surface area contributed by atoms with Gasteiger partial charge in [0.15, 0.2) is 0 Å². The average Bonchev–Trinajstić information content (AvgIpc) is 2.30. The van der Waals surface area contributed by atoms with E-state index < -0.39 is 5.54 Å². The summed E-state index contributed by atoms with van der Waals surface area (Å²) in [7, 11) is 0. The van der Waals surface area contributed by atoms with Crippen molar-refractivity contribution in [1.29, 1.82) is 0 Å². The van der Waals surface area contributed by atoms with Crippen molar-refractivity contribution < 1.29 is 9.18 Å². The van der Waals surface area contributed by atoms with Crippen LogP contribution in [0.5, 0.6) is 0 Å². The van der Waals surface area contributed by atoms with E-state index in [9.17, 15) is 9.18 Å². The SMILES string of the molecule is C#CC(C)(C)NCC(=O)Nc1ccc(F)cc1. The van der Waals surface area contributed by atoms with Crippen molar-refractivity contribution in [1.82, 2.24) is 5.32 Å². The second-order valence-corrected chi connectivity index (χ2v) is 4.18. The van der Waals surface area contributed by atoms with Gasteiger partial charge < -0.3 is 5.32 Å². The minimum absolute atomic E-state index is 0.106. The number of carbonyl (C=O) groups excluding carboxylic acids is 1. The van der Waals surface area contributed by atoms with Crippen LogP contribution >= 0.6 is 0 Å². The normalized spacial score (nSPS) is 10.7. The Labute approximate surface area is 100 Å². The van der Waals surface area contributed by atoms with Gasteiger partial charge in [-0.15, -0.1) is 6.42 Å². The highest BCUT2D eigenvalue weighted by Crippen LogP contribution is 2.07. The van der Waals surface area contributed by atoms with Gasteiger partial charge in [0.25, 0.3) is 0 Å². The topological polar surface area (TPSA) is 41.1 Å². The molecule has 0 spiro atoms. The fraction of sp³-hybridized carbons (Fsp3) is 0.308. The Bertz CT molecular complexity index is 432. The van der Waals surface area contributed by atoms with E-state index in [-0.39, 0.29) is 18.3 Å². The van der Waals surface area contributed by atoms with Gasteiger partial charge in [0.1, 0.15) is 5.82 Å². The molecule has 0 aliphatic carbocycles. The van der Waals surface area contributed by atoms with Gasteiger partial charge in [-0.25, -0.2) is 4.39 Å². The second-order valence-electron chi connectivity index (χ2n) is 4.18. The molecule has 2 N–H and O–H groups in total. The fourth-order valence-electron chi connectivity index (χ4n) is 1.09. The number of halogens is 1. The van der Waals surface area contributed by atoms with E-state index >= 15 is 0 Å². The molecule has 90 valence electrons. The Morgan fingerprint density at radius 2 is 2.00 bits per heavy atom. The third kappa shape index (κ3) is 4.66. The molecule has 3 nitrogen and oxygen atoms in total. The van der Waals surface area contributed by atoms with Gasteiger partial charge in [0.05, 0.1) is 12.1 Å². The smallest absolute Gasteiger partial charge is 0.238 e. The highest BCUT2D eigenvalue weighted by Gasteiger charge is 2.14. The Hall–Kier alpha value is -1.86. The van der Waals surface area contributed by atoms with Gasteiger partial charge in [-0.3, -0.25) is 10.1 Å². The van der Waals surface area contributed by atoms with Crippen LogP contribution in [0.25, 0.3) is 0 Å². The zero-order valence-corrected chi connectivity index (χ0v) is 9.88. The number of carbonyl (C=O) groups is 1. The van der Waals surface area contributed by atoms with Gasteiger partial charge in [0, 0.05) is 5.69 Å². The number of hydrogen-bond donors (Lipinski definition) is 2. The predicted octanol–water partition coefficient (Wildman–Crippen LogP) is 1.77. The predicted molar refractivity (Wildman–Crippen MR) is 65.9 cm³/mol. The zero-order valence-electron chi connectivity index (χ0n) is 9.88. The van der Waals surface area contributed by atoms with E-state index in [1.807, 2.05) is 0 Å². The lowest BCUT2D eigenvalue weighted by atomic mass is 10.1. The minimum Gasteiger partial charge on any atom is -0.325 e. The molecule has 0 saturated heterocycles. The third-order valence-corrected chi connectivity index (χ3v) is 2.18. The minimum atomic E-state index is -0.528. The first kappa shape index (κ1) is 13.2. The summed E-state index contributed by atoms with van der Waals surface area (Å²) >= 11 is 0. The molecule has 1 aromatic carbocycles. The van der Waals surface area contributed by atoms with Gasteiger partial charge in [0.2, 0.25) is 5.91 Å². The van der Waals surface area contributed by atoms with Crippen molar-refractivity contribution in [2.24, 2.45) is 0 Å². The Balaban J connectivity index is 2.46. The summed E-state index contributed by atoms with van der Waals surface area (Å²) in [4.78, 5) is 11.5. The fourth-order valence-corrected chi connectivity index (χ4v) is 1.09. The number of rotatable bonds is 4. The first-order chi connectivity index (χ1) is 7.93. The molecular weight excluding hydrogens is 219 g/mol. The maximum absolute atomic E-state index is 12.6. The number of nitrogens with one attached hydrogen (secondary N) is 2. The van der Waals surface area contributed by atoms with Crippen molar-refractivity contribution in [3.63, 3.8) is 0 Å². The van der Waals surface area contributed by atoms with Crippen molar-refractivity contribution in [2.75, 3.05) is 11.9 Å². The maximum Gasteiger partial charge on any atom is 0.238 e. The van der Waals surface area contributed by atoms with Crippen LogP contribution in [-0.2, 0) is 4.79 Å². The van der Waals surface area contributed by atoms with Crippen molar-refractivity contribution in [2.45, 2.75) is 19.4 Å². The maximum atomic E-state index is 12.6. The average molecular weight is 234 g/mol. The first-order valence-electron chi connectivity index (χ1n) is 5.21. The summed E-state index contributed by atoms with van der Waals surface area (Å²) < 4.78 is 12.6. The lowest BCUT2D eigenvalue weighted by Crippen LogP contribution is -2.42. The molecule has 0 aromatic heterocycles. The van der Waals surface area contributed by atoms with E-state index in [0.717, 1.165) is 0 Å². The lowest BCUT2D eigenvalue weighted by Gasteiger charge is -2.19. The van der Waals surface area contributed by atoms with Gasteiger partial charge in [-0.1, -0.05) is 5.92 Å². The summed E-state index contributed by atoms with van der Waals surface area (Å²) in [6.07, 6.45) is 5.28. The summed E-state index contributed by atoms with van der Waals surface area (Å²) in [5.74, 6) is 1.97. The Morgan fingerprint density at radius 3 is 2.53 bits per heavy atom. The molecule has 1 aromatic rings. The summed E-state index contributed by atoms with van der Waals surface area (Å²) in [5, 5.41) is 5.55. The van der Waals surface area contributed by atoms with E-state index in [4.69, 9.17) is 6.42 Å². The van der Waals surface area contributed by atoms with Crippen molar-refractivity contribution >= 4 is 11.6 Å². The van der Waals surface area contributed by atoms with E-state index in [0.29, 0.717) is 5.69 Å². The van der Waals surface area contributed by atoms with Crippen molar-refractivity contribution in [3.8, 4) is 12.3 Å². The number of anilines is 1. The zero-order chi connectivity index (χ0) is 12.9. The molecule has 1 amide bonds. The molecule has 0 saturated carbocycles. The van der Waals surface area contributed by atoms with E-state index in [2.05, 4.69) is 16.6 Å². The number of hydrogen-bond acceptors (Lipinski definition) is 2. The summed E-state index contributed by atoms with van der Waals surface area (Å²) in [6.45, 7) is 3.71. The van der Waals surface area contributed by atoms with Crippen LogP contribution in [0.4, 0.5) is 10.1 Å². The molecule has 0 heterocycles.